The summed E-state index contributed by atoms with van der Waals surface area (Å²) in [5.41, 5.74) is 0. The molecule has 95 heavy (non-hydrogen) atoms. The Labute approximate surface area is 576 Å². The minimum atomic E-state index is -1.80. The molecule has 2 aliphatic rings. The average molecular weight is 1330 g/mol. The van der Waals surface area contributed by atoms with E-state index >= 15 is 0 Å². The predicted octanol–water partition coefficient (Wildman–Crippen LogP) is 16.4. The van der Waals surface area contributed by atoms with E-state index in [9.17, 15) is 45.6 Å². The number of aliphatic hydroxyl groups excluding tert-OH is 8. The van der Waals surface area contributed by atoms with Gasteiger partial charge in [0, 0.05) is 6.42 Å². The van der Waals surface area contributed by atoms with Crippen molar-refractivity contribution in [3.63, 3.8) is 0 Å². The Morgan fingerprint density at radius 1 is 0.389 bits per heavy atom. The molecule has 0 bridgehead atoms. The van der Waals surface area contributed by atoms with Crippen LogP contribution < -0.4 is 5.32 Å². The summed E-state index contributed by atoms with van der Waals surface area (Å²) in [6.07, 6.45) is 79.0. The number of carbonyl (C=O) groups is 1. The smallest absolute Gasteiger partial charge is 0.220 e. The number of allylic oxidation sites excluding steroid dienone is 23. The zero-order valence-corrected chi connectivity index (χ0v) is 59.1. The summed E-state index contributed by atoms with van der Waals surface area (Å²) in [4.78, 5) is 13.3. The highest BCUT2D eigenvalue weighted by Gasteiger charge is 2.51. The van der Waals surface area contributed by atoms with Gasteiger partial charge in [-0.2, -0.15) is 0 Å². The first-order chi connectivity index (χ1) is 46.6. The molecule has 2 rings (SSSR count). The monoisotopic (exact) mass is 1330 g/mol. The fourth-order valence-electron chi connectivity index (χ4n) is 11.3. The van der Waals surface area contributed by atoms with Crippen molar-refractivity contribution in [1.82, 2.24) is 5.32 Å². The third-order valence-electron chi connectivity index (χ3n) is 17.3. The molecule has 14 heteroatoms. The third-order valence-corrected chi connectivity index (χ3v) is 17.3. The highest BCUT2D eigenvalue weighted by Crippen LogP contribution is 2.30. The highest BCUT2D eigenvalue weighted by molar-refractivity contribution is 5.76. The predicted molar refractivity (Wildman–Crippen MR) is 391 cm³/mol. The van der Waals surface area contributed by atoms with Crippen LogP contribution in [0.25, 0.3) is 0 Å². The molecule has 0 aromatic rings. The number of aliphatic hydroxyl groups is 8. The van der Waals surface area contributed by atoms with Gasteiger partial charge in [0.05, 0.1) is 32.0 Å². The summed E-state index contributed by atoms with van der Waals surface area (Å²) in [6.45, 7) is 2.67. The van der Waals surface area contributed by atoms with Crippen LogP contribution in [-0.4, -0.2) is 140 Å². The van der Waals surface area contributed by atoms with Crippen LogP contribution in [0.1, 0.15) is 264 Å². The van der Waals surface area contributed by atoms with Gasteiger partial charge < -0.3 is 65.1 Å². The Kier molecular flexibility index (Phi) is 58.0. The topological polar surface area (TPSA) is 228 Å². The van der Waals surface area contributed by atoms with Crippen LogP contribution in [0.5, 0.6) is 0 Å². The molecule has 2 saturated heterocycles. The van der Waals surface area contributed by atoms with E-state index in [2.05, 4.69) is 153 Å². The maximum atomic E-state index is 13.3. The van der Waals surface area contributed by atoms with Gasteiger partial charge in [0.15, 0.2) is 12.6 Å². The fraction of sp³-hybridized carbons (Fsp3) is 0.691. The van der Waals surface area contributed by atoms with Crippen molar-refractivity contribution in [2.75, 3.05) is 19.8 Å². The number of unbranched alkanes of at least 4 members (excludes halogenated alkanes) is 25. The van der Waals surface area contributed by atoms with Crippen LogP contribution in [0, 0.1) is 0 Å². The second kappa shape index (κ2) is 63.3. The van der Waals surface area contributed by atoms with Crippen LogP contribution in [0.15, 0.2) is 146 Å². The summed E-state index contributed by atoms with van der Waals surface area (Å²) >= 11 is 0. The Balaban J connectivity index is 1.64. The normalized spacial score (nSPS) is 23.2. The fourth-order valence-corrected chi connectivity index (χ4v) is 11.3. The summed E-state index contributed by atoms with van der Waals surface area (Å²) in [6, 6.07) is -0.945. The molecule has 0 saturated carbocycles. The number of nitrogens with one attached hydrogen (secondary N) is 1. The number of ether oxygens (including phenoxy) is 4. The summed E-state index contributed by atoms with van der Waals surface area (Å²) in [7, 11) is 0. The second-order valence-corrected chi connectivity index (χ2v) is 25.7. The van der Waals surface area contributed by atoms with Crippen molar-refractivity contribution >= 4 is 5.91 Å². The molecule has 1 amide bonds. The highest BCUT2D eigenvalue weighted by atomic mass is 16.7. The molecule has 0 radical (unpaired) electrons. The van der Waals surface area contributed by atoms with Gasteiger partial charge in [-0.15, -0.1) is 0 Å². The molecule has 12 atom stereocenters. The zero-order chi connectivity index (χ0) is 68.7. The van der Waals surface area contributed by atoms with Crippen LogP contribution >= 0.6 is 0 Å². The SMILES string of the molecule is CC/C=C\C/C=C\C/C=C\C/C=C\C/C=C\C/C=C\C/C=C\C/C=C\C/C=C\C/C=C\CCCCCCCCCCCCC(=O)NC(COC1OC(CO)C(OC2OC(CO)C(O)C(O)C2O)C(O)C1O)C(O)/C=C/CC/C=C/CCCCCCCCCCCCCCCC. The lowest BCUT2D eigenvalue weighted by atomic mass is 9.97. The van der Waals surface area contributed by atoms with Crippen LogP contribution in [0.3, 0.4) is 0 Å². The van der Waals surface area contributed by atoms with Gasteiger partial charge in [0.2, 0.25) is 5.91 Å². The van der Waals surface area contributed by atoms with E-state index in [1.807, 2.05) is 6.08 Å². The first-order valence-electron chi connectivity index (χ1n) is 37.6. The van der Waals surface area contributed by atoms with E-state index in [1.165, 1.54) is 128 Å². The van der Waals surface area contributed by atoms with Crippen molar-refractivity contribution in [1.29, 1.82) is 0 Å². The van der Waals surface area contributed by atoms with Gasteiger partial charge in [-0.25, -0.2) is 0 Å². The molecule has 0 spiro atoms. The van der Waals surface area contributed by atoms with Crippen molar-refractivity contribution in [3.05, 3.63) is 146 Å². The second-order valence-electron chi connectivity index (χ2n) is 25.7. The molecule has 14 nitrogen and oxygen atoms in total. The lowest BCUT2D eigenvalue weighted by Crippen LogP contribution is -2.65. The van der Waals surface area contributed by atoms with Gasteiger partial charge >= 0.3 is 0 Å². The van der Waals surface area contributed by atoms with Crippen molar-refractivity contribution < 1.29 is 64.6 Å². The number of amides is 1. The van der Waals surface area contributed by atoms with E-state index in [-0.39, 0.29) is 18.9 Å². The van der Waals surface area contributed by atoms with E-state index in [4.69, 9.17) is 18.9 Å². The molecular weight excluding hydrogens is 1190 g/mol. The number of carbonyl (C=O) groups excluding carboxylic acids is 1. The first-order valence-corrected chi connectivity index (χ1v) is 37.6. The van der Waals surface area contributed by atoms with Gasteiger partial charge in [0.25, 0.3) is 0 Å². The minimum Gasteiger partial charge on any atom is -0.394 e. The molecule has 2 aliphatic heterocycles. The zero-order valence-electron chi connectivity index (χ0n) is 59.1. The minimum absolute atomic E-state index is 0.258. The van der Waals surface area contributed by atoms with E-state index < -0.39 is 86.8 Å². The summed E-state index contributed by atoms with van der Waals surface area (Å²) in [5.74, 6) is -0.258. The largest absolute Gasteiger partial charge is 0.394 e. The van der Waals surface area contributed by atoms with Gasteiger partial charge in [-0.05, 0) is 109 Å². The van der Waals surface area contributed by atoms with Gasteiger partial charge in [-0.3, -0.25) is 4.79 Å². The Bertz CT molecular complexity index is 2160. The van der Waals surface area contributed by atoms with E-state index in [0.29, 0.717) is 12.8 Å². The molecule has 0 aromatic heterocycles. The van der Waals surface area contributed by atoms with Crippen LogP contribution in [0.4, 0.5) is 0 Å². The average Bonchev–Trinajstić information content (AvgIpc) is 0.897. The molecule has 542 valence electrons. The molecular formula is C81H135NO13. The molecule has 2 heterocycles. The quantitative estimate of drug-likeness (QED) is 0.0204. The van der Waals surface area contributed by atoms with Gasteiger partial charge in [-0.1, -0.05) is 295 Å². The van der Waals surface area contributed by atoms with E-state index in [1.54, 1.807) is 6.08 Å². The first kappa shape index (κ1) is 87.0. The van der Waals surface area contributed by atoms with Crippen molar-refractivity contribution in [2.24, 2.45) is 0 Å². The van der Waals surface area contributed by atoms with E-state index in [0.717, 1.165) is 103 Å². The molecule has 2 fully saturated rings. The lowest BCUT2D eigenvalue weighted by Gasteiger charge is -2.46. The lowest BCUT2D eigenvalue weighted by molar-refractivity contribution is -0.359. The standard InChI is InChI=1S/C81H135NO13/c1-3-5-7-9-11-13-15-17-19-21-23-25-26-27-28-29-30-31-32-33-34-35-36-37-38-39-40-41-42-43-44-45-47-49-51-53-55-57-59-61-63-65-73(86)82-69(70(85)64-62-60-58-56-54-52-50-48-46-24-22-20-18-16-14-12-10-8-6-4-2)68-92-80-78(91)76(89)79(72(67-84)94-80)95-81-77(90)75(88)74(87)71(66-83)93-81/h5,7,11,13,17,19,23,25,27-28,30-31,33-34,36-37,39-40,42-43,54,56,62,64,69-72,74-81,83-85,87-91H,3-4,6,8-10,12,14-16,18,20-22,24,26,29,32,35,38,41,44-53,55,57-61,63,65-68H2,1-2H3,(H,82,86)/b7-5-,13-11-,19-17-,25-23-,28-27-,31-30-,34-33-,37-36-,40-39-,43-42-,56-54+,64-62+. The molecule has 0 aromatic carbocycles. The Morgan fingerprint density at radius 3 is 1.16 bits per heavy atom. The number of hydrogen-bond donors (Lipinski definition) is 9. The van der Waals surface area contributed by atoms with Crippen LogP contribution in [0.2, 0.25) is 0 Å². The third kappa shape index (κ3) is 46.7. The number of hydrogen-bond acceptors (Lipinski definition) is 13. The maximum Gasteiger partial charge on any atom is 0.220 e. The number of rotatable bonds is 60. The summed E-state index contributed by atoms with van der Waals surface area (Å²) < 4.78 is 22.8. The molecule has 9 N–H and O–H groups in total. The Hall–Kier alpha value is -4.13. The summed E-state index contributed by atoms with van der Waals surface area (Å²) in [5, 5.41) is 87.5. The Morgan fingerprint density at radius 2 is 0.737 bits per heavy atom. The molecule has 0 aliphatic carbocycles. The van der Waals surface area contributed by atoms with Gasteiger partial charge in [0.1, 0.15) is 48.8 Å². The van der Waals surface area contributed by atoms with Crippen LogP contribution in [-0.2, 0) is 23.7 Å². The van der Waals surface area contributed by atoms with Crippen molar-refractivity contribution in [2.45, 2.75) is 338 Å². The maximum absolute atomic E-state index is 13.3. The molecule has 12 unspecified atom stereocenters. The van der Waals surface area contributed by atoms with Crippen molar-refractivity contribution in [3.8, 4) is 0 Å².